The van der Waals surface area contributed by atoms with Crippen molar-refractivity contribution in [2.45, 2.75) is 65.7 Å². The summed E-state index contributed by atoms with van der Waals surface area (Å²) < 4.78 is 10.7. The predicted octanol–water partition coefficient (Wildman–Crippen LogP) is 4.49. The van der Waals surface area contributed by atoms with Gasteiger partial charge in [-0.1, -0.05) is 6.92 Å². The highest BCUT2D eigenvalue weighted by molar-refractivity contribution is 7.16. The fourth-order valence-electron chi connectivity index (χ4n) is 6.32. The number of thiophene rings is 1. The first kappa shape index (κ1) is 21.3. The number of nitrogens with one attached hydrogen (secondary N) is 1. The van der Waals surface area contributed by atoms with Gasteiger partial charge in [0.05, 0.1) is 17.6 Å². The fourth-order valence-corrected chi connectivity index (χ4v) is 7.47. The molecular formula is C23H31NO5S. The first-order valence-electron chi connectivity index (χ1n) is 11.1. The molecule has 0 spiro atoms. The van der Waals surface area contributed by atoms with Gasteiger partial charge in [-0.15, -0.1) is 11.3 Å². The lowest BCUT2D eigenvalue weighted by Gasteiger charge is -2.55. The van der Waals surface area contributed by atoms with E-state index in [1.807, 2.05) is 13.8 Å². The summed E-state index contributed by atoms with van der Waals surface area (Å²) in [5, 5.41) is 3.25. The summed E-state index contributed by atoms with van der Waals surface area (Å²) in [6, 6.07) is 0. The topological polar surface area (TPSA) is 81.7 Å². The molecule has 4 aliphatic carbocycles. The second kappa shape index (κ2) is 8.33. The number of carbonyl (C=O) groups excluding carboxylic acids is 3. The molecule has 0 saturated heterocycles. The second-order valence-corrected chi connectivity index (χ2v) is 10.5. The van der Waals surface area contributed by atoms with Crippen molar-refractivity contribution in [2.24, 2.45) is 23.2 Å². The van der Waals surface area contributed by atoms with E-state index in [1.165, 1.54) is 30.6 Å². The van der Waals surface area contributed by atoms with Crippen LogP contribution in [0.15, 0.2) is 0 Å². The second-order valence-electron chi connectivity index (χ2n) is 9.24. The molecule has 1 aromatic heterocycles. The molecule has 1 aromatic rings. The summed E-state index contributed by atoms with van der Waals surface area (Å²) >= 11 is 1.36. The largest absolute Gasteiger partial charge is 0.462 e. The van der Waals surface area contributed by atoms with E-state index in [2.05, 4.69) is 5.32 Å². The van der Waals surface area contributed by atoms with E-state index in [-0.39, 0.29) is 24.6 Å². The molecule has 5 rings (SSSR count). The molecule has 0 aromatic carbocycles. The Balaban J connectivity index is 1.40. The third kappa shape index (κ3) is 3.88. The average molecular weight is 434 g/mol. The highest BCUT2D eigenvalue weighted by Crippen LogP contribution is 2.60. The smallest absolute Gasteiger partial charge is 0.341 e. The third-order valence-electron chi connectivity index (χ3n) is 7.10. The molecule has 7 heteroatoms. The number of hydrogen-bond acceptors (Lipinski definition) is 6. The van der Waals surface area contributed by atoms with Gasteiger partial charge in [0.15, 0.2) is 6.61 Å². The van der Waals surface area contributed by atoms with Gasteiger partial charge in [-0.05, 0) is 82.1 Å². The van der Waals surface area contributed by atoms with Crippen molar-refractivity contribution in [3.63, 3.8) is 0 Å². The maximum absolute atomic E-state index is 12.9. The molecule has 6 nitrogen and oxygen atoms in total. The quantitative estimate of drug-likeness (QED) is 0.641. The first-order chi connectivity index (χ1) is 14.3. The minimum absolute atomic E-state index is 0.209. The van der Waals surface area contributed by atoms with Crippen molar-refractivity contribution in [2.75, 3.05) is 18.5 Å². The Bertz CT molecular complexity index is 823. The van der Waals surface area contributed by atoms with Crippen LogP contribution >= 0.6 is 11.3 Å². The molecule has 164 valence electrons. The van der Waals surface area contributed by atoms with Crippen molar-refractivity contribution in [3.05, 3.63) is 16.0 Å². The van der Waals surface area contributed by atoms with E-state index in [4.69, 9.17) is 9.47 Å². The highest BCUT2D eigenvalue weighted by atomic mass is 32.1. The highest BCUT2D eigenvalue weighted by Gasteiger charge is 2.55. The van der Waals surface area contributed by atoms with E-state index >= 15 is 0 Å². The molecule has 1 amide bonds. The normalized spacial score (nSPS) is 29.0. The maximum atomic E-state index is 12.9. The van der Waals surface area contributed by atoms with Crippen molar-refractivity contribution >= 4 is 34.2 Å². The average Bonchev–Trinajstić information content (AvgIpc) is 3.00. The minimum atomic E-state index is -0.431. The molecule has 4 fully saturated rings. The number of anilines is 1. The van der Waals surface area contributed by atoms with Crippen LogP contribution in [0.1, 0.15) is 73.2 Å². The van der Waals surface area contributed by atoms with E-state index in [0.29, 0.717) is 34.7 Å². The monoisotopic (exact) mass is 433 g/mol. The zero-order valence-electron chi connectivity index (χ0n) is 18.0. The zero-order valence-corrected chi connectivity index (χ0v) is 18.9. The molecule has 4 bridgehead atoms. The Morgan fingerprint density at radius 3 is 2.17 bits per heavy atom. The number of hydrogen-bond donors (Lipinski definition) is 1. The Morgan fingerprint density at radius 1 is 1.03 bits per heavy atom. The van der Waals surface area contributed by atoms with Crippen molar-refractivity contribution < 1.29 is 23.9 Å². The van der Waals surface area contributed by atoms with Gasteiger partial charge in [0.1, 0.15) is 5.00 Å². The van der Waals surface area contributed by atoms with Crippen LogP contribution in [0.5, 0.6) is 0 Å². The molecule has 30 heavy (non-hydrogen) atoms. The Labute approximate surface area is 181 Å². The minimum Gasteiger partial charge on any atom is -0.462 e. The van der Waals surface area contributed by atoms with Crippen molar-refractivity contribution in [1.82, 2.24) is 0 Å². The predicted molar refractivity (Wildman–Crippen MR) is 115 cm³/mol. The number of esters is 2. The lowest BCUT2D eigenvalue weighted by atomic mass is 9.49. The van der Waals surface area contributed by atoms with E-state index in [9.17, 15) is 14.4 Å². The van der Waals surface area contributed by atoms with Crippen molar-refractivity contribution in [3.8, 4) is 0 Å². The van der Waals surface area contributed by atoms with Gasteiger partial charge in [0.2, 0.25) is 0 Å². The Kier molecular flexibility index (Phi) is 5.93. The van der Waals surface area contributed by atoms with E-state index in [0.717, 1.165) is 29.7 Å². The molecule has 4 aliphatic rings. The zero-order chi connectivity index (χ0) is 21.5. The van der Waals surface area contributed by atoms with Crippen LogP contribution in [-0.2, 0) is 25.5 Å². The van der Waals surface area contributed by atoms with Crippen LogP contribution in [0.2, 0.25) is 0 Å². The van der Waals surface area contributed by atoms with Crippen molar-refractivity contribution in [1.29, 1.82) is 0 Å². The van der Waals surface area contributed by atoms with E-state index in [1.54, 1.807) is 6.92 Å². The molecule has 0 unspecified atom stereocenters. The molecule has 0 atom stereocenters. The van der Waals surface area contributed by atoms with Gasteiger partial charge >= 0.3 is 11.9 Å². The van der Waals surface area contributed by atoms with Gasteiger partial charge in [-0.3, -0.25) is 9.59 Å². The van der Waals surface area contributed by atoms with Crippen LogP contribution < -0.4 is 5.32 Å². The van der Waals surface area contributed by atoms with Gasteiger partial charge < -0.3 is 14.8 Å². The Hall–Kier alpha value is -1.89. The van der Waals surface area contributed by atoms with Gasteiger partial charge in [-0.2, -0.15) is 0 Å². The van der Waals surface area contributed by atoms with E-state index < -0.39 is 11.9 Å². The lowest BCUT2D eigenvalue weighted by molar-refractivity contribution is -0.172. The standard InChI is InChI=1S/C23H31NO5S/c1-4-17-13(3)30-20(19(17)21(26)28-5-2)24-18(25)12-29-22(27)23-9-14-6-15(10-23)8-16(7-14)11-23/h14-16H,4-12H2,1-3H3,(H,24,25). The molecule has 0 radical (unpaired) electrons. The summed E-state index contributed by atoms with van der Waals surface area (Å²) in [7, 11) is 0. The molecule has 1 N–H and O–H groups in total. The van der Waals surface area contributed by atoms with Crippen LogP contribution in [-0.4, -0.2) is 31.1 Å². The number of aryl methyl sites for hydroxylation is 1. The third-order valence-corrected chi connectivity index (χ3v) is 8.16. The number of amides is 1. The summed E-state index contributed by atoms with van der Waals surface area (Å²) in [6.45, 7) is 5.60. The summed E-state index contributed by atoms with van der Waals surface area (Å²) in [4.78, 5) is 38.9. The van der Waals surface area contributed by atoms with Gasteiger partial charge in [-0.25, -0.2) is 4.79 Å². The van der Waals surface area contributed by atoms with Crippen LogP contribution in [0.25, 0.3) is 0 Å². The van der Waals surface area contributed by atoms with Crippen LogP contribution in [0.3, 0.4) is 0 Å². The maximum Gasteiger partial charge on any atom is 0.341 e. The molecule has 1 heterocycles. The van der Waals surface area contributed by atoms with Gasteiger partial charge in [0.25, 0.3) is 5.91 Å². The van der Waals surface area contributed by atoms with Gasteiger partial charge in [0, 0.05) is 4.88 Å². The first-order valence-corrected chi connectivity index (χ1v) is 11.9. The summed E-state index contributed by atoms with van der Waals surface area (Å²) in [5.41, 5.74) is 0.932. The SMILES string of the molecule is CCOC(=O)c1c(NC(=O)COC(=O)C23CC4CC(CC(C4)C2)C3)sc(C)c1CC. The fraction of sp³-hybridized carbons (Fsp3) is 0.696. The lowest BCUT2D eigenvalue weighted by Crippen LogP contribution is -2.50. The summed E-state index contributed by atoms with van der Waals surface area (Å²) in [6.07, 6.45) is 7.17. The van der Waals surface area contributed by atoms with Crippen LogP contribution in [0.4, 0.5) is 5.00 Å². The number of carbonyl (C=O) groups is 3. The number of ether oxygens (including phenoxy) is 2. The van der Waals surface area contributed by atoms with Crippen LogP contribution in [0, 0.1) is 30.1 Å². The molecule has 0 aliphatic heterocycles. The summed E-state index contributed by atoms with van der Waals surface area (Å²) in [5.74, 6) is 0.880. The Morgan fingerprint density at radius 2 is 1.63 bits per heavy atom. The molecular weight excluding hydrogens is 402 g/mol. The number of rotatable bonds is 7. The molecule has 4 saturated carbocycles.